The zero-order chi connectivity index (χ0) is 22.4. The summed E-state index contributed by atoms with van der Waals surface area (Å²) < 4.78 is 5.59. The summed E-state index contributed by atoms with van der Waals surface area (Å²) in [4.78, 5) is 21.8. The number of ether oxygens (including phenoxy) is 1. The van der Waals surface area contributed by atoms with E-state index < -0.39 is 5.97 Å². The zero-order valence-electron chi connectivity index (χ0n) is 18.3. The van der Waals surface area contributed by atoms with E-state index in [1.54, 1.807) is 12.4 Å². The van der Waals surface area contributed by atoms with Gasteiger partial charge < -0.3 is 20.1 Å². The number of hydrogen-bond donors (Lipinski definition) is 2. The summed E-state index contributed by atoms with van der Waals surface area (Å²) in [5.41, 5.74) is 3.69. The van der Waals surface area contributed by atoms with Crippen molar-refractivity contribution in [2.45, 2.75) is 52.0 Å². The molecule has 31 heavy (non-hydrogen) atoms. The van der Waals surface area contributed by atoms with Gasteiger partial charge in [0.2, 0.25) is 5.28 Å². The smallest absolute Gasteiger partial charge is 0.303 e. The van der Waals surface area contributed by atoms with Crippen LogP contribution in [0.1, 0.15) is 51.5 Å². The van der Waals surface area contributed by atoms with Crippen LogP contribution in [0.2, 0.25) is 5.28 Å². The third-order valence-corrected chi connectivity index (χ3v) is 5.67. The number of nitrogens with one attached hydrogen (secondary N) is 1. The van der Waals surface area contributed by atoms with Crippen LogP contribution in [0.15, 0.2) is 30.6 Å². The Hall–Kier alpha value is -2.38. The van der Waals surface area contributed by atoms with Crippen molar-refractivity contribution >= 4 is 34.6 Å². The van der Waals surface area contributed by atoms with Crippen molar-refractivity contribution in [2.75, 3.05) is 30.0 Å². The lowest BCUT2D eigenvalue weighted by molar-refractivity contribution is -0.137. The van der Waals surface area contributed by atoms with Crippen LogP contribution in [0.5, 0.6) is 0 Å². The molecule has 1 aromatic carbocycles. The minimum atomic E-state index is -0.805. The fourth-order valence-electron chi connectivity index (χ4n) is 3.96. The van der Waals surface area contributed by atoms with Crippen molar-refractivity contribution in [3.63, 3.8) is 0 Å². The number of aliphatic carboxylic acids is 1. The predicted octanol–water partition coefficient (Wildman–Crippen LogP) is 5.09. The summed E-state index contributed by atoms with van der Waals surface area (Å²) in [5.74, 6) is -0.420. The third kappa shape index (κ3) is 6.55. The Morgan fingerprint density at radius 2 is 1.94 bits per heavy atom. The van der Waals surface area contributed by atoms with Gasteiger partial charge in [-0.25, -0.2) is 9.97 Å². The lowest BCUT2D eigenvalue weighted by Gasteiger charge is -2.38. The van der Waals surface area contributed by atoms with Gasteiger partial charge in [0.15, 0.2) is 0 Å². The van der Waals surface area contributed by atoms with Gasteiger partial charge in [0.1, 0.15) is 0 Å². The average molecular weight is 447 g/mol. The van der Waals surface area contributed by atoms with Gasteiger partial charge in [-0.1, -0.05) is 26.8 Å². The number of nitrogens with zero attached hydrogens (tertiary/aromatic N) is 3. The maximum atomic E-state index is 11.2. The van der Waals surface area contributed by atoms with E-state index >= 15 is 0 Å². The normalized spacial score (nSPS) is 15.6. The van der Waals surface area contributed by atoms with Crippen molar-refractivity contribution < 1.29 is 14.6 Å². The number of hydrogen-bond acceptors (Lipinski definition) is 6. The van der Waals surface area contributed by atoms with Crippen LogP contribution in [0.25, 0.3) is 0 Å². The standard InChI is InChI=1S/C23H31ClN4O3/c1-15(2)14-28(19-6-8-31-9-7-19)21-5-4-17(16(3)10-22(29)30)11-20(21)27-18-12-25-23(24)26-13-18/h4-5,11-13,15-16,19,27H,6-10,14H2,1-3H3,(H,29,30)/t16-/m1/s1. The van der Waals surface area contributed by atoms with Gasteiger partial charge in [-0.05, 0) is 54.0 Å². The molecule has 3 rings (SSSR count). The quantitative estimate of drug-likeness (QED) is 0.518. The highest BCUT2D eigenvalue weighted by atomic mass is 35.5. The van der Waals surface area contributed by atoms with E-state index in [2.05, 4.69) is 40.1 Å². The third-order valence-electron chi connectivity index (χ3n) is 5.47. The van der Waals surface area contributed by atoms with Crippen molar-refractivity contribution in [3.05, 3.63) is 41.4 Å². The highest BCUT2D eigenvalue weighted by Crippen LogP contribution is 2.36. The van der Waals surface area contributed by atoms with Crippen molar-refractivity contribution in [1.29, 1.82) is 0 Å². The van der Waals surface area contributed by atoms with E-state index in [-0.39, 0.29) is 17.6 Å². The fraction of sp³-hybridized carbons (Fsp3) is 0.522. The van der Waals surface area contributed by atoms with Gasteiger partial charge in [0, 0.05) is 25.8 Å². The number of aromatic nitrogens is 2. The number of carbonyl (C=O) groups is 1. The first-order valence-electron chi connectivity index (χ1n) is 10.8. The van der Waals surface area contributed by atoms with E-state index in [0.717, 1.165) is 55.2 Å². The maximum Gasteiger partial charge on any atom is 0.303 e. The maximum absolute atomic E-state index is 11.2. The lowest BCUT2D eigenvalue weighted by atomic mass is 9.95. The molecule has 2 heterocycles. The number of anilines is 3. The largest absolute Gasteiger partial charge is 0.481 e. The number of halogens is 1. The van der Waals surface area contributed by atoms with Gasteiger partial charge in [0.05, 0.1) is 35.9 Å². The summed E-state index contributed by atoms with van der Waals surface area (Å²) in [5, 5.41) is 12.9. The molecular formula is C23H31ClN4O3. The Labute approximate surface area is 188 Å². The second-order valence-electron chi connectivity index (χ2n) is 8.53. The topological polar surface area (TPSA) is 87.6 Å². The van der Waals surface area contributed by atoms with Gasteiger partial charge in [-0.3, -0.25) is 4.79 Å². The van der Waals surface area contributed by atoms with E-state index in [4.69, 9.17) is 16.3 Å². The summed E-state index contributed by atoms with van der Waals surface area (Å²) in [6.07, 6.45) is 5.33. The second kappa shape index (κ2) is 10.8. The Bertz CT molecular complexity index is 870. The molecule has 1 aromatic heterocycles. The molecule has 1 aliphatic heterocycles. The van der Waals surface area contributed by atoms with Crippen LogP contribution >= 0.6 is 11.6 Å². The Morgan fingerprint density at radius 1 is 1.26 bits per heavy atom. The summed E-state index contributed by atoms with van der Waals surface area (Å²) >= 11 is 5.84. The molecule has 0 saturated carbocycles. The van der Waals surface area contributed by atoms with Crippen molar-refractivity contribution in [2.24, 2.45) is 5.92 Å². The molecule has 1 atom stereocenters. The van der Waals surface area contributed by atoms with Crippen LogP contribution in [-0.4, -0.2) is 46.8 Å². The molecule has 168 valence electrons. The molecular weight excluding hydrogens is 416 g/mol. The van der Waals surface area contributed by atoms with Gasteiger partial charge in [-0.15, -0.1) is 0 Å². The lowest BCUT2D eigenvalue weighted by Crippen LogP contribution is -2.42. The first kappa shape index (κ1) is 23.3. The van der Waals surface area contributed by atoms with Gasteiger partial charge in [-0.2, -0.15) is 0 Å². The summed E-state index contributed by atoms with van der Waals surface area (Å²) in [6.45, 7) is 8.82. The van der Waals surface area contributed by atoms with Gasteiger partial charge in [0.25, 0.3) is 0 Å². The van der Waals surface area contributed by atoms with Crippen LogP contribution in [0.4, 0.5) is 17.1 Å². The van der Waals surface area contributed by atoms with Crippen LogP contribution in [0.3, 0.4) is 0 Å². The van der Waals surface area contributed by atoms with E-state index in [0.29, 0.717) is 12.0 Å². The molecule has 0 spiro atoms. The molecule has 8 heteroatoms. The first-order chi connectivity index (χ1) is 14.8. The van der Waals surface area contributed by atoms with Gasteiger partial charge >= 0.3 is 5.97 Å². The SMILES string of the molecule is CC(C)CN(c1ccc([C@H](C)CC(=O)O)cc1Nc1cnc(Cl)nc1)C1CCOCC1. The van der Waals surface area contributed by atoms with Crippen LogP contribution < -0.4 is 10.2 Å². The molecule has 1 aliphatic rings. The van der Waals surface area contributed by atoms with E-state index in [1.165, 1.54) is 0 Å². The Morgan fingerprint density at radius 3 is 2.55 bits per heavy atom. The molecule has 0 aliphatic carbocycles. The highest BCUT2D eigenvalue weighted by Gasteiger charge is 2.25. The molecule has 0 radical (unpaired) electrons. The van der Waals surface area contributed by atoms with E-state index in [1.807, 2.05) is 19.1 Å². The minimum absolute atomic E-state index is 0.0819. The first-order valence-corrected chi connectivity index (χ1v) is 11.2. The molecule has 0 unspecified atom stereocenters. The van der Waals surface area contributed by atoms with E-state index in [9.17, 15) is 9.90 Å². The number of carboxylic acids is 1. The van der Waals surface area contributed by atoms with Crippen LogP contribution in [0, 0.1) is 5.92 Å². The van der Waals surface area contributed by atoms with Crippen molar-refractivity contribution in [1.82, 2.24) is 9.97 Å². The second-order valence-corrected chi connectivity index (χ2v) is 8.87. The number of benzene rings is 1. The Balaban J connectivity index is 2.00. The molecule has 1 saturated heterocycles. The molecule has 0 amide bonds. The number of rotatable bonds is 9. The monoisotopic (exact) mass is 446 g/mol. The highest BCUT2D eigenvalue weighted by molar-refractivity contribution is 6.28. The Kier molecular flexibility index (Phi) is 8.09. The molecule has 2 aromatic rings. The summed E-state index contributed by atoms with van der Waals surface area (Å²) in [6, 6.07) is 6.58. The number of carboxylic acid groups (broad SMARTS) is 1. The summed E-state index contributed by atoms with van der Waals surface area (Å²) in [7, 11) is 0. The molecule has 0 bridgehead atoms. The predicted molar refractivity (Wildman–Crippen MR) is 123 cm³/mol. The van der Waals surface area contributed by atoms with Crippen molar-refractivity contribution in [3.8, 4) is 0 Å². The molecule has 2 N–H and O–H groups in total. The zero-order valence-corrected chi connectivity index (χ0v) is 19.1. The van der Waals surface area contributed by atoms with Crippen LogP contribution in [-0.2, 0) is 9.53 Å². The fourth-order valence-corrected chi connectivity index (χ4v) is 4.05. The average Bonchev–Trinajstić information content (AvgIpc) is 2.74. The molecule has 7 nitrogen and oxygen atoms in total. The molecule has 1 fully saturated rings. The minimum Gasteiger partial charge on any atom is -0.481 e.